The molecule has 6 heteroatoms. The lowest BCUT2D eigenvalue weighted by atomic mass is 10.1. The zero-order valence-corrected chi connectivity index (χ0v) is 10.5. The molecule has 92 valence electrons. The lowest BCUT2D eigenvalue weighted by molar-refractivity contribution is 0.0904. The second kappa shape index (κ2) is 6.50. The Morgan fingerprint density at radius 1 is 1.56 bits per heavy atom. The van der Waals surface area contributed by atoms with E-state index in [9.17, 15) is 4.79 Å². The van der Waals surface area contributed by atoms with Gasteiger partial charge < -0.3 is 15.6 Å². The van der Waals surface area contributed by atoms with Crippen LogP contribution in [0.1, 0.15) is 42.9 Å². The summed E-state index contributed by atoms with van der Waals surface area (Å²) in [6.07, 6.45) is 0. The van der Waals surface area contributed by atoms with Gasteiger partial charge in [-0.3, -0.25) is 4.79 Å². The number of nitrogens with one attached hydrogen (secondary N) is 1. The minimum absolute atomic E-state index is 0. The summed E-state index contributed by atoms with van der Waals surface area (Å²) < 4.78 is 4.93. The normalized spacial score (nSPS) is 12.1. The Kier molecular flexibility index (Phi) is 6.06. The molecule has 0 aromatic carbocycles. The molecule has 1 amide bonds. The van der Waals surface area contributed by atoms with Crippen molar-refractivity contribution in [1.82, 2.24) is 10.5 Å². The van der Waals surface area contributed by atoms with Gasteiger partial charge in [0.1, 0.15) is 0 Å². The Hall–Kier alpha value is -1.07. The molecule has 1 heterocycles. The molecule has 0 unspecified atom stereocenters. The minimum atomic E-state index is -0.271. The SMILES string of the molecule is CC(C)c1cc(C(=O)N[C@H](C)CN)on1.Cl. The number of carbonyl (C=O) groups is 1. The topological polar surface area (TPSA) is 81.2 Å². The van der Waals surface area contributed by atoms with Crippen molar-refractivity contribution in [2.75, 3.05) is 6.54 Å². The Morgan fingerprint density at radius 3 is 2.62 bits per heavy atom. The molecule has 5 nitrogen and oxygen atoms in total. The lowest BCUT2D eigenvalue weighted by Crippen LogP contribution is -2.37. The number of nitrogens with zero attached hydrogens (tertiary/aromatic N) is 1. The average molecular weight is 248 g/mol. The number of nitrogens with two attached hydrogens (primary N) is 1. The fourth-order valence-corrected chi connectivity index (χ4v) is 1.02. The van der Waals surface area contributed by atoms with Crippen LogP contribution in [0.15, 0.2) is 10.6 Å². The van der Waals surface area contributed by atoms with Crippen LogP contribution in [0.25, 0.3) is 0 Å². The molecule has 0 aliphatic carbocycles. The van der Waals surface area contributed by atoms with Crippen LogP contribution in [-0.4, -0.2) is 23.7 Å². The van der Waals surface area contributed by atoms with Crippen LogP contribution in [0.4, 0.5) is 0 Å². The van der Waals surface area contributed by atoms with E-state index in [0.717, 1.165) is 5.69 Å². The van der Waals surface area contributed by atoms with E-state index in [1.165, 1.54) is 0 Å². The van der Waals surface area contributed by atoms with Gasteiger partial charge in [0.25, 0.3) is 5.91 Å². The molecule has 0 radical (unpaired) electrons. The van der Waals surface area contributed by atoms with Gasteiger partial charge in [0.2, 0.25) is 5.76 Å². The third kappa shape index (κ3) is 3.83. The second-order valence-electron chi connectivity index (χ2n) is 3.88. The van der Waals surface area contributed by atoms with E-state index in [2.05, 4.69) is 10.5 Å². The van der Waals surface area contributed by atoms with Crippen LogP contribution in [0.3, 0.4) is 0 Å². The molecule has 0 spiro atoms. The zero-order chi connectivity index (χ0) is 11.4. The highest BCUT2D eigenvalue weighted by molar-refractivity contribution is 5.91. The molecule has 3 N–H and O–H groups in total. The molecule has 0 aliphatic rings. The predicted octanol–water partition coefficient (Wildman–Crippen LogP) is 1.30. The summed E-state index contributed by atoms with van der Waals surface area (Å²) in [5, 5.41) is 6.50. The zero-order valence-electron chi connectivity index (χ0n) is 9.69. The fourth-order valence-electron chi connectivity index (χ4n) is 1.02. The van der Waals surface area contributed by atoms with E-state index in [4.69, 9.17) is 10.3 Å². The van der Waals surface area contributed by atoms with Crippen LogP contribution < -0.4 is 11.1 Å². The van der Waals surface area contributed by atoms with E-state index < -0.39 is 0 Å². The van der Waals surface area contributed by atoms with Crippen LogP contribution in [0, 0.1) is 0 Å². The Balaban J connectivity index is 0.00000225. The maximum Gasteiger partial charge on any atom is 0.290 e. The summed E-state index contributed by atoms with van der Waals surface area (Å²) in [7, 11) is 0. The van der Waals surface area contributed by atoms with Gasteiger partial charge in [-0.1, -0.05) is 19.0 Å². The highest BCUT2D eigenvalue weighted by atomic mass is 35.5. The summed E-state index contributed by atoms with van der Waals surface area (Å²) >= 11 is 0. The molecule has 0 saturated heterocycles. The molecule has 0 bridgehead atoms. The Morgan fingerprint density at radius 2 is 2.19 bits per heavy atom. The van der Waals surface area contributed by atoms with Gasteiger partial charge in [-0.15, -0.1) is 12.4 Å². The van der Waals surface area contributed by atoms with Crippen molar-refractivity contribution in [3.63, 3.8) is 0 Å². The maximum atomic E-state index is 11.5. The minimum Gasteiger partial charge on any atom is -0.351 e. The lowest BCUT2D eigenvalue weighted by Gasteiger charge is -2.08. The molecule has 1 aromatic heterocycles. The smallest absolute Gasteiger partial charge is 0.290 e. The first-order valence-corrected chi connectivity index (χ1v) is 5.02. The third-order valence-corrected chi connectivity index (χ3v) is 2.07. The molecule has 0 saturated carbocycles. The average Bonchev–Trinajstić information content (AvgIpc) is 2.66. The quantitative estimate of drug-likeness (QED) is 0.840. The van der Waals surface area contributed by atoms with Crippen LogP contribution in [0.2, 0.25) is 0 Å². The van der Waals surface area contributed by atoms with Crippen LogP contribution >= 0.6 is 12.4 Å². The second-order valence-corrected chi connectivity index (χ2v) is 3.88. The van der Waals surface area contributed by atoms with Gasteiger partial charge in [-0.2, -0.15) is 0 Å². The fraction of sp³-hybridized carbons (Fsp3) is 0.600. The first-order chi connectivity index (χ1) is 7.04. The monoisotopic (exact) mass is 247 g/mol. The molecule has 16 heavy (non-hydrogen) atoms. The number of aromatic nitrogens is 1. The number of hydrogen-bond donors (Lipinski definition) is 2. The molecule has 1 aromatic rings. The van der Waals surface area contributed by atoms with Crippen LogP contribution in [-0.2, 0) is 0 Å². The Labute approximate surface area is 101 Å². The van der Waals surface area contributed by atoms with Crippen molar-refractivity contribution in [1.29, 1.82) is 0 Å². The van der Waals surface area contributed by atoms with E-state index in [-0.39, 0.29) is 36.0 Å². The summed E-state index contributed by atoms with van der Waals surface area (Å²) in [6.45, 7) is 6.21. The van der Waals surface area contributed by atoms with Gasteiger partial charge in [0, 0.05) is 18.7 Å². The molecular formula is C10H18ClN3O2. The van der Waals surface area contributed by atoms with E-state index in [1.54, 1.807) is 6.07 Å². The van der Waals surface area contributed by atoms with Crippen molar-refractivity contribution in [3.05, 3.63) is 17.5 Å². The summed E-state index contributed by atoms with van der Waals surface area (Å²) in [4.78, 5) is 11.5. The van der Waals surface area contributed by atoms with Gasteiger partial charge in [-0.25, -0.2) is 0 Å². The van der Waals surface area contributed by atoms with Crippen molar-refractivity contribution in [2.24, 2.45) is 5.73 Å². The standard InChI is InChI=1S/C10H17N3O2.ClH/c1-6(2)8-4-9(15-13-8)10(14)12-7(3)5-11;/h4,6-7H,5,11H2,1-3H3,(H,12,14);1H/t7-;/m1./s1. The van der Waals surface area contributed by atoms with Crippen LogP contribution in [0.5, 0.6) is 0 Å². The molecule has 0 fully saturated rings. The van der Waals surface area contributed by atoms with Crippen molar-refractivity contribution in [2.45, 2.75) is 32.7 Å². The van der Waals surface area contributed by atoms with Gasteiger partial charge in [0.15, 0.2) is 0 Å². The first kappa shape index (κ1) is 14.9. The largest absolute Gasteiger partial charge is 0.351 e. The first-order valence-electron chi connectivity index (χ1n) is 5.02. The summed E-state index contributed by atoms with van der Waals surface area (Å²) in [5.74, 6) is 0.216. The van der Waals surface area contributed by atoms with E-state index >= 15 is 0 Å². The van der Waals surface area contributed by atoms with Crippen molar-refractivity contribution in [3.8, 4) is 0 Å². The number of amides is 1. The number of hydrogen-bond acceptors (Lipinski definition) is 4. The van der Waals surface area contributed by atoms with Crippen molar-refractivity contribution < 1.29 is 9.32 Å². The molecule has 1 atom stereocenters. The third-order valence-electron chi connectivity index (χ3n) is 2.07. The van der Waals surface area contributed by atoms with Gasteiger partial charge in [-0.05, 0) is 12.8 Å². The van der Waals surface area contributed by atoms with Gasteiger partial charge in [0.05, 0.1) is 5.69 Å². The van der Waals surface area contributed by atoms with E-state index in [0.29, 0.717) is 6.54 Å². The number of halogens is 1. The maximum absolute atomic E-state index is 11.5. The molecule has 1 rings (SSSR count). The number of carbonyl (C=O) groups excluding carboxylic acids is 1. The van der Waals surface area contributed by atoms with E-state index in [1.807, 2.05) is 20.8 Å². The van der Waals surface area contributed by atoms with Gasteiger partial charge >= 0.3 is 0 Å². The summed E-state index contributed by atoms with van der Waals surface area (Å²) in [6, 6.07) is 1.59. The highest BCUT2D eigenvalue weighted by Crippen LogP contribution is 2.13. The highest BCUT2D eigenvalue weighted by Gasteiger charge is 2.15. The summed E-state index contributed by atoms with van der Waals surface area (Å²) in [5.41, 5.74) is 6.17. The number of rotatable bonds is 4. The predicted molar refractivity (Wildman–Crippen MR) is 63.8 cm³/mol. The molecule has 0 aliphatic heterocycles. The van der Waals surface area contributed by atoms with Crippen molar-refractivity contribution >= 4 is 18.3 Å². The molecular weight excluding hydrogens is 230 g/mol. The Bertz CT molecular complexity index is 339.